The largest absolute Gasteiger partial charge is 0.493 e. The van der Waals surface area contributed by atoms with Crippen molar-refractivity contribution in [3.8, 4) is 11.5 Å². The molecule has 0 aromatic heterocycles. The number of anilines is 1. The third-order valence-corrected chi connectivity index (χ3v) is 6.22. The van der Waals surface area contributed by atoms with Crippen molar-refractivity contribution in [3.63, 3.8) is 0 Å². The first-order valence-electron chi connectivity index (χ1n) is 10.4. The minimum absolute atomic E-state index is 0.192. The third-order valence-electron chi connectivity index (χ3n) is 5.13. The van der Waals surface area contributed by atoms with Crippen LogP contribution in [0.25, 0.3) is 6.08 Å². The smallest absolute Gasteiger partial charge is 0.325 e. The van der Waals surface area contributed by atoms with Crippen molar-refractivity contribution < 1.29 is 23.8 Å². The number of thiocarbonyl (C=S) groups is 1. The summed E-state index contributed by atoms with van der Waals surface area (Å²) in [5.41, 5.74) is 2.68. The fourth-order valence-electron chi connectivity index (χ4n) is 3.37. The second kappa shape index (κ2) is 10.8. The Kier molecular flexibility index (Phi) is 8.10. The van der Waals surface area contributed by atoms with Crippen LogP contribution >= 0.6 is 28.1 Å². The van der Waals surface area contributed by atoms with Gasteiger partial charge in [0.1, 0.15) is 12.2 Å². The van der Waals surface area contributed by atoms with E-state index in [1.165, 1.54) is 16.9 Å². The van der Waals surface area contributed by atoms with Gasteiger partial charge < -0.3 is 19.1 Å². The second-order valence-corrected chi connectivity index (χ2v) is 8.31. The summed E-state index contributed by atoms with van der Waals surface area (Å²) >= 11 is 9.14. The number of hydrogen-bond acceptors (Lipinski definition) is 6. The summed E-state index contributed by atoms with van der Waals surface area (Å²) in [5, 5.41) is 0.204. The number of carbonyl (C=O) groups is 2. The molecule has 1 saturated heterocycles. The molecular formula is C24H25BrN2O5S. The molecule has 0 bridgehead atoms. The van der Waals surface area contributed by atoms with Gasteiger partial charge in [0, 0.05) is 4.47 Å². The van der Waals surface area contributed by atoms with Crippen molar-refractivity contribution in [1.29, 1.82) is 0 Å². The number of aryl methyl sites for hydroxylation is 1. The molecule has 1 aliphatic heterocycles. The van der Waals surface area contributed by atoms with E-state index in [0.717, 1.165) is 12.0 Å². The zero-order chi connectivity index (χ0) is 24.1. The highest BCUT2D eigenvalue weighted by molar-refractivity contribution is 9.10. The van der Waals surface area contributed by atoms with E-state index in [2.05, 4.69) is 22.9 Å². The van der Waals surface area contributed by atoms with Crippen LogP contribution in [-0.4, -0.2) is 49.3 Å². The monoisotopic (exact) mass is 532 g/mol. The molecule has 0 radical (unpaired) electrons. The molecule has 1 amide bonds. The van der Waals surface area contributed by atoms with Gasteiger partial charge in [0.25, 0.3) is 5.91 Å². The molecule has 0 atom stereocenters. The first-order valence-corrected chi connectivity index (χ1v) is 11.6. The van der Waals surface area contributed by atoms with Crippen molar-refractivity contribution in [3.05, 3.63) is 57.7 Å². The van der Waals surface area contributed by atoms with E-state index < -0.39 is 5.97 Å². The standard InChI is InChI=1S/C24H25BrN2O5S/c1-5-15-7-9-17(10-8-15)27-23(29)19(26(24(27)33)14-22(28)31-4)11-16-12-20(30-3)21(32-6-2)13-18(16)25/h7-13H,5-6,14H2,1-4H3/b19-11-. The Bertz CT molecular complexity index is 1100. The minimum atomic E-state index is -0.512. The van der Waals surface area contributed by atoms with Crippen LogP contribution in [0.15, 0.2) is 46.6 Å². The summed E-state index contributed by atoms with van der Waals surface area (Å²) in [6, 6.07) is 11.1. The first kappa shape index (κ1) is 24.7. The zero-order valence-corrected chi connectivity index (χ0v) is 21.3. The quantitative estimate of drug-likeness (QED) is 0.280. The van der Waals surface area contributed by atoms with E-state index in [0.29, 0.717) is 33.8 Å². The van der Waals surface area contributed by atoms with Gasteiger partial charge in [-0.25, -0.2) is 0 Å². The molecular weight excluding hydrogens is 508 g/mol. The molecule has 7 nitrogen and oxygen atoms in total. The SMILES string of the molecule is CCOc1cc(Br)c(/C=C2/C(=O)N(c3ccc(CC)cc3)C(=S)N2CC(=O)OC)cc1OC. The van der Waals surface area contributed by atoms with Gasteiger partial charge in [-0.05, 0) is 67.0 Å². The molecule has 9 heteroatoms. The van der Waals surface area contributed by atoms with Gasteiger partial charge in [0.05, 0.1) is 26.5 Å². The van der Waals surface area contributed by atoms with Gasteiger partial charge in [-0.1, -0.05) is 35.0 Å². The Labute approximate surface area is 207 Å². The van der Waals surface area contributed by atoms with Gasteiger partial charge >= 0.3 is 5.97 Å². The highest BCUT2D eigenvalue weighted by Gasteiger charge is 2.40. The fraction of sp³-hybridized carbons (Fsp3) is 0.292. The van der Waals surface area contributed by atoms with E-state index in [-0.39, 0.29) is 23.3 Å². The number of hydrogen-bond donors (Lipinski definition) is 0. The van der Waals surface area contributed by atoms with Crippen LogP contribution in [0.2, 0.25) is 0 Å². The van der Waals surface area contributed by atoms with Crippen molar-refractivity contribution in [2.75, 3.05) is 32.3 Å². The Morgan fingerprint density at radius 3 is 2.39 bits per heavy atom. The maximum atomic E-state index is 13.5. The van der Waals surface area contributed by atoms with Gasteiger partial charge in [0.15, 0.2) is 16.6 Å². The third kappa shape index (κ3) is 5.20. The molecule has 2 aromatic rings. The highest BCUT2D eigenvalue weighted by atomic mass is 79.9. The number of amides is 1. The summed E-state index contributed by atoms with van der Waals surface area (Å²) in [5.74, 6) is 0.244. The van der Waals surface area contributed by atoms with Crippen molar-refractivity contribution in [1.82, 2.24) is 4.90 Å². The van der Waals surface area contributed by atoms with Crippen LogP contribution in [0.5, 0.6) is 11.5 Å². The molecule has 0 unspecified atom stereocenters. The van der Waals surface area contributed by atoms with Crippen LogP contribution in [0, 0.1) is 0 Å². The number of halogens is 1. The van der Waals surface area contributed by atoms with Crippen LogP contribution < -0.4 is 14.4 Å². The lowest BCUT2D eigenvalue weighted by atomic mass is 10.1. The Balaban J connectivity index is 2.08. The van der Waals surface area contributed by atoms with E-state index in [1.54, 1.807) is 25.3 Å². The number of benzene rings is 2. The predicted octanol–water partition coefficient (Wildman–Crippen LogP) is 4.57. The van der Waals surface area contributed by atoms with Crippen LogP contribution in [0.3, 0.4) is 0 Å². The molecule has 2 aromatic carbocycles. The predicted molar refractivity (Wildman–Crippen MR) is 134 cm³/mol. The molecule has 0 saturated carbocycles. The molecule has 1 fully saturated rings. The van der Waals surface area contributed by atoms with Gasteiger partial charge in [0.2, 0.25) is 0 Å². The Hall–Kier alpha value is -2.91. The lowest BCUT2D eigenvalue weighted by Crippen LogP contribution is -2.35. The molecule has 1 aliphatic rings. The molecule has 1 heterocycles. The van der Waals surface area contributed by atoms with Crippen LogP contribution in [0.4, 0.5) is 5.69 Å². The van der Waals surface area contributed by atoms with Crippen molar-refractivity contribution >= 4 is 56.9 Å². The maximum absolute atomic E-state index is 13.5. The molecule has 33 heavy (non-hydrogen) atoms. The van der Waals surface area contributed by atoms with Crippen molar-refractivity contribution in [2.45, 2.75) is 20.3 Å². The highest BCUT2D eigenvalue weighted by Crippen LogP contribution is 2.36. The van der Waals surface area contributed by atoms with E-state index in [1.807, 2.05) is 31.2 Å². The van der Waals surface area contributed by atoms with Gasteiger partial charge in [-0.15, -0.1) is 0 Å². The first-order chi connectivity index (χ1) is 15.8. The summed E-state index contributed by atoms with van der Waals surface area (Å²) in [6.45, 7) is 4.23. The Morgan fingerprint density at radius 1 is 1.12 bits per heavy atom. The normalized spacial score (nSPS) is 14.8. The minimum Gasteiger partial charge on any atom is -0.493 e. The summed E-state index contributed by atoms with van der Waals surface area (Å²) in [6.07, 6.45) is 2.55. The molecule has 0 aliphatic carbocycles. The topological polar surface area (TPSA) is 68.3 Å². The number of ether oxygens (including phenoxy) is 3. The molecule has 3 rings (SSSR count). The second-order valence-electron chi connectivity index (χ2n) is 7.09. The lowest BCUT2D eigenvalue weighted by Gasteiger charge is -2.19. The van der Waals surface area contributed by atoms with E-state index in [4.69, 9.17) is 26.4 Å². The van der Waals surface area contributed by atoms with Crippen LogP contribution in [0.1, 0.15) is 25.0 Å². The van der Waals surface area contributed by atoms with Crippen LogP contribution in [-0.2, 0) is 20.7 Å². The average molecular weight is 533 g/mol. The zero-order valence-electron chi connectivity index (χ0n) is 18.9. The van der Waals surface area contributed by atoms with E-state index >= 15 is 0 Å². The number of methoxy groups -OCH3 is 2. The summed E-state index contributed by atoms with van der Waals surface area (Å²) in [7, 11) is 2.84. The lowest BCUT2D eigenvalue weighted by molar-refractivity contribution is -0.140. The number of nitrogens with zero attached hydrogens (tertiary/aromatic N) is 2. The molecule has 0 spiro atoms. The number of rotatable bonds is 8. The molecule has 174 valence electrons. The maximum Gasteiger partial charge on any atom is 0.325 e. The Morgan fingerprint density at radius 2 is 1.82 bits per heavy atom. The fourth-order valence-corrected chi connectivity index (χ4v) is 4.16. The van der Waals surface area contributed by atoms with E-state index in [9.17, 15) is 9.59 Å². The summed E-state index contributed by atoms with van der Waals surface area (Å²) < 4.78 is 16.6. The number of esters is 1. The average Bonchev–Trinajstić information content (AvgIpc) is 3.04. The van der Waals surface area contributed by atoms with Gasteiger partial charge in [-0.2, -0.15) is 0 Å². The van der Waals surface area contributed by atoms with Gasteiger partial charge in [-0.3, -0.25) is 14.5 Å². The summed E-state index contributed by atoms with van der Waals surface area (Å²) in [4.78, 5) is 28.5. The number of carbonyl (C=O) groups excluding carboxylic acids is 2. The molecule has 0 N–H and O–H groups in total. The van der Waals surface area contributed by atoms with Crippen molar-refractivity contribution in [2.24, 2.45) is 0 Å².